The third kappa shape index (κ3) is 8.32. The van der Waals surface area contributed by atoms with Gasteiger partial charge in [0.25, 0.3) is 0 Å². The molecule has 1 aromatic carbocycles. The fourth-order valence-corrected chi connectivity index (χ4v) is 3.22. The van der Waals surface area contributed by atoms with E-state index in [1.807, 2.05) is 19.9 Å². The van der Waals surface area contributed by atoms with Crippen LogP contribution in [0.1, 0.15) is 31.5 Å². The topological polar surface area (TPSA) is 179 Å². The molecule has 4 unspecified atom stereocenters. The quantitative estimate of drug-likeness (QED) is 0.232. The van der Waals surface area contributed by atoms with Crippen molar-refractivity contribution in [1.82, 2.24) is 25.9 Å². The van der Waals surface area contributed by atoms with Gasteiger partial charge in [-0.05, 0) is 11.5 Å². The van der Waals surface area contributed by atoms with Crippen molar-refractivity contribution in [2.45, 2.75) is 51.2 Å². The van der Waals surface area contributed by atoms with Crippen molar-refractivity contribution < 1.29 is 24.3 Å². The van der Waals surface area contributed by atoms with Crippen LogP contribution < -0.4 is 21.7 Å². The Kier molecular flexibility index (Phi) is 10.2. The van der Waals surface area contributed by atoms with Gasteiger partial charge in [-0.1, -0.05) is 50.6 Å². The maximum atomic E-state index is 13.2. The number of nitrogens with zero attached hydrogens (tertiary/aromatic N) is 1. The van der Waals surface area contributed by atoms with Crippen LogP contribution in [0.15, 0.2) is 42.9 Å². The SMILES string of the molecule is CCC(C)C(N)C(=O)NC(Cc1cnc[nH]1)C(=O)NC(Cc1ccccc1)C(=O)NCC(=O)O. The van der Waals surface area contributed by atoms with E-state index in [-0.39, 0.29) is 18.8 Å². The van der Waals surface area contributed by atoms with Crippen LogP contribution >= 0.6 is 0 Å². The number of imidazole rings is 1. The first-order chi connectivity index (χ1) is 16.2. The molecule has 0 saturated heterocycles. The molecule has 0 aliphatic carbocycles. The van der Waals surface area contributed by atoms with Crippen LogP contribution in [0, 0.1) is 5.92 Å². The Labute approximate surface area is 197 Å². The monoisotopic (exact) mass is 472 g/mol. The first kappa shape index (κ1) is 26.5. The summed E-state index contributed by atoms with van der Waals surface area (Å²) in [6.07, 6.45) is 3.90. The van der Waals surface area contributed by atoms with Crippen LogP contribution in [0.25, 0.3) is 0 Å². The van der Waals surface area contributed by atoms with Crippen LogP contribution in [-0.4, -0.2) is 63.4 Å². The number of nitrogens with two attached hydrogens (primary N) is 1. The second-order valence-corrected chi connectivity index (χ2v) is 8.12. The highest BCUT2D eigenvalue weighted by Gasteiger charge is 2.30. The number of H-pyrrole nitrogens is 1. The summed E-state index contributed by atoms with van der Waals surface area (Å²) in [5.41, 5.74) is 7.40. The summed E-state index contributed by atoms with van der Waals surface area (Å²) in [6.45, 7) is 3.17. The summed E-state index contributed by atoms with van der Waals surface area (Å²) in [6, 6.07) is 6.09. The van der Waals surface area contributed by atoms with Gasteiger partial charge >= 0.3 is 5.97 Å². The number of hydrogen-bond donors (Lipinski definition) is 6. The van der Waals surface area contributed by atoms with Gasteiger partial charge in [-0.2, -0.15) is 0 Å². The summed E-state index contributed by atoms with van der Waals surface area (Å²) in [4.78, 5) is 56.3. The normalized spacial score (nSPS) is 14.3. The van der Waals surface area contributed by atoms with Gasteiger partial charge in [0.15, 0.2) is 0 Å². The molecule has 2 aromatic rings. The van der Waals surface area contributed by atoms with E-state index in [4.69, 9.17) is 10.8 Å². The molecule has 0 aliphatic rings. The lowest BCUT2D eigenvalue weighted by Crippen LogP contribution is -2.57. The number of carboxylic acids is 1. The van der Waals surface area contributed by atoms with E-state index in [0.29, 0.717) is 12.1 Å². The number of benzene rings is 1. The minimum atomic E-state index is -1.21. The largest absolute Gasteiger partial charge is 0.480 e. The average molecular weight is 473 g/mol. The van der Waals surface area contributed by atoms with E-state index < -0.39 is 48.4 Å². The van der Waals surface area contributed by atoms with Gasteiger partial charge in [0, 0.05) is 24.7 Å². The molecule has 1 aromatic heterocycles. The smallest absolute Gasteiger partial charge is 0.322 e. The van der Waals surface area contributed by atoms with Gasteiger partial charge < -0.3 is 31.8 Å². The second kappa shape index (κ2) is 13.1. The standard InChI is InChI=1S/C23H32N6O5/c1-3-14(2)20(24)23(34)29-18(10-16-11-25-13-27-16)22(33)28-17(21(32)26-12-19(30)31)9-15-7-5-4-6-8-15/h4-8,11,13-14,17-18,20H,3,9-10,12,24H2,1-2H3,(H,25,27)(H,26,32)(H,28,33)(H,29,34)(H,30,31). The van der Waals surface area contributed by atoms with Gasteiger partial charge in [0.05, 0.1) is 12.4 Å². The Morgan fingerprint density at radius 2 is 1.68 bits per heavy atom. The molecule has 3 amide bonds. The van der Waals surface area contributed by atoms with Crippen LogP contribution in [-0.2, 0) is 32.0 Å². The van der Waals surface area contributed by atoms with Gasteiger partial charge in [0.1, 0.15) is 18.6 Å². The molecule has 2 rings (SSSR count). The third-order valence-electron chi connectivity index (χ3n) is 5.50. The van der Waals surface area contributed by atoms with E-state index in [1.54, 1.807) is 24.3 Å². The fraction of sp³-hybridized carbons (Fsp3) is 0.435. The Morgan fingerprint density at radius 3 is 2.26 bits per heavy atom. The summed E-state index contributed by atoms with van der Waals surface area (Å²) >= 11 is 0. The van der Waals surface area contributed by atoms with Crippen molar-refractivity contribution in [3.8, 4) is 0 Å². The summed E-state index contributed by atoms with van der Waals surface area (Å²) in [7, 11) is 0. The van der Waals surface area contributed by atoms with Crippen LogP contribution in [0.2, 0.25) is 0 Å². The van der Waals surface area contributed by atoms with Gasteiger partial charge in [-0.3, -0.25) is 19.2 Å². The average Bonchev–Trinajstić information content (AvgIpc) is 3.34. The fourth-order valence-electron chi connectivity index (χ4n) is 3.22. The summed E-state index contributed by atoms with van der Waals surface area (Å²) in [5, 5.41) is 16.5. The number of carbonyl (C=O) groups is 4. The molecule has 11 nitrogen and oxygen atoms in total. The Morgan fingerprint density at radius 1 is 1.03 bits per heavy atom. The molecule has 0 bridgehead atoms. The maximum Gasteiger partial charge on any atom is 0.322 e. The highest BCUT2D eigenvalue weighted by molar-refractivity contribution is 5.94. The number of aliphatic carboxylic acids is 1. The predicted octanol–water partition coefficient (Wildman–Crippen LogP) is -0.261. The van der Waals surface area contributed by atoms with Crippen molar-refractivity contribution in [3.05, 3.63) is 54.1 Å². The Balaban J connectivity index is 2.20. The van der Waals surface area contributed by atoms with Crippen LogP contribution in [0.5, 0.6) is 0 Å². The van der Waals surface area contributed by atoms with E-state index in [1.165, 1.54) is 12.5 Å². The van der Waals surface area contributed by atoms with Crippen molar-refractivity contribution in [3.63, 3.8) is 0 Å². The van der Waals surface area contributed by atoms with Crippen molar-refractivity contribution in [2.75, 3.05) is 6.54 Å². The molecule has 0 radical (unpaired) electrons. The summed E-state index contributed by atoms with van der Waals surface area (Å²) < 4.78 is 0. The van der Waals surface area contributed by atoms with Crippen molar-refractivity contribution in [1.29, 1.82) is 0 Å². The number of nitrogens with one attached hydrogen (secondary N) is 4. The number of amides is 3. The molecular weight excluding hydrogens is 440 g/mol. The molecule has 4 atom stereocenters. The highest BCUT2D eigenvalue weighted by Crippen LogP contribution is 2.08. The first-order valence-electron chi connectivity index (χ1n) is 11.1. The maximum absolute atomic E-state index is 13.2. The van der Waals surface area contributed by atoms with E-state index in [2.05, 4.69) is 25.9 Å². The van der Waals surface area contributed by atoms with E-state index >= 15 is 0 Å². The molecular formula is C23H32N6O5. The van der Waals surface area contributed by atoms with Gasteiger partial charge in [-0.25, -0.2) is 4.98 Å². The van der Waals surface area contributed by atoms with Crippen LogP contribution in [0.3, 0.4) is 0 Å². The molecule has 0 saturated carbocycles. The zero-order valence-electron chi connectivity index (χ0n) is 19.3. The predicted molar refractivity (Wildman–Crippen MR) is 124 cm³/mol. The molecule has 7 N–H and O–H groups in total. The van der Waals surface area contributed by atoms with Crippen LogP contribution in [0.4, 0.5) is 0 Å². The molecule has 0 spiro atoms. The molecule has 1 heterocycles. The number of aromatic nitrogens is 2. The molecule has 0 fully saturated rings. The summed E-state index contributed by atoms with van der Waals surface area (Å²) in [5.74, 6) is -3.04. The van der Waals surface area contributed by atoms with Crippen molar-refractivity contribution in [2.24, 2.45) is 11.7 Å². The minimum Gasteiger partial charge on any atom is -0.480 e. The number of aromatic amines is 1. The van der Waals surface area contributed by atoms with Crippen molar-refractivity contribution >= 4 is 23.7 Å². The van der Waals surface area contributed by atoms with Gasteiger partial charge in [-0.15, -0.1) is 0 Å². The van der Waals surface area contributed by atoms with Gasteiger partial charge in [0.2, 0.25) is 17.7 Å². The number of hydrogen-bond acceptors (Lipinski definition) is 6. The Hall–Kier alpha value is -3.73. The zero-order chi connectivity index (χ0) is 25.1. The number of rotatable bonds is 13. The lowest BCUT2D eigenvalue weighted by Gasteiger charge is -2.25. The Bertz CT molecular complexity index is 950. The number of carbonyl (C=O) groups excluding carboxylic acids is 3. The zero-order valence-corrected chi connectivity index (χ0v) is 19.3. The third-order valence-corrected chi connectivity index (χ3v) is 5.50. The van der Waals surface area contributed by atoms with E-state index in [9.17, 15) is 19.2 Å². The number of carboxylic acid groups (broad SMARTS) is 1. The second-order valence-electron chi connectivity index (χ2n) is 8.12. The van der Waals surface area contributed by atoms with E-state index in [0.717, 1.165) is 5.56 Å². The molecule has 34 heavy (non-hydrogen) atoms. The highest BCUT2D eigenvalue weighted by atomic mass is 16.4. The minimum absolute atomic E-state index is 0.0940. The first-order valence-corrected chi connectivity index (χ1v) is 11.1. The lowest BCUT2D eigenvalue weighted by atomic mass is 9.98. The molecule has 11 heteroatoms. The molecule has 184 valence electrons. The molecule has 0 aliphatic heterocycles. The lowest BCUT2D eigenvalue weighted by molar-refractivity contribution is -0.138.